The molecule has 0 saturated carbocycles. The molecule has 0 N–H and O–H groups in total. The Morgan fingerprint density at radius 2 is 1.88 bits per heavy atom. The fourth-order valence-electron chi connectivity index (χ4n) is 1.10. The van der Waals surface area contributed by atoms with Gasteiger partial charge in [-0.05, 0) is 12.1 Å². The number of benzene rings is 1. The molecular formula is C11H12F4O2. The predicted octanol–water partition coefficient (Wildman–Crippen LogP) is 3.17. The van der Waals surface area contributed by atoms with Crippen LogP contribution in [0.2, 0.25) is 0 Å². The zero-order valence-corrected chi connectivity index (χ0v) is 8.97. The lowest BCUT2D eigenvalue weighted by molar-refractivity contribution is -0.174. The van der Waals surface area contributed by atoms with Crippen LogP contribution in [0, 0.1) is 5.82 Å². The van der Waals surface area contributed by atoms with Gasteiger partial charge in [-0.25, -0.2) is 4.39 Å². The normalized spacial score (nSPS) is 11.5. The fourth-order valence-corrected chi connectivity index (χ4v) is 1.10. The van der Waals surface area contributed by atoms with E-state index in [0.29, 0.717) is 12.2 Å². The molecule has 0 aliphatic rings. The Bertz CT molecular complexity index is 338. The van der Waals surface area contributed by atoms with E-state index < -0.39 is 18.6 Å². The van der Waals surface area contributed by atoms with Crippen LogP contribution in [0.1, 0.15) is 6.42 Å². The summed E-state index contributed by atoms with van der Waals surface area (Å²) in [6.45, 7) is -1.12. The number of ether oxygens (including phenoxy) is 2. The summed E-state index contributed by atoms with van der Waals surface area (Å²) < 4.78 is 57.2. The number of halogens is 4. The first-order chi connectivity index (χ1) is 7.97. The molecule has 17 heavy (non-hydrogen) atoms. The second-order valence-corrected chi connectivity index (χ2v) is 3.33. The highest BCUT2D eigenvalue weighted by Gasteiger charge is 2.27. The summed E-state index contributed by atoms with van der Waals surface area (Å²) in [6, 6.07) is 5.54. The third-order valence-electron chi connectivity index (χ3n) is 1.76. The number of hydrogen-bond donors (Lipinski definition) is 0. The first-order valence-electron chi connectivity index (χ1n) is 5.00. The lowest BCUT2D eigenvalue weighted by atomic mass is 10.3. The second kappa shape index (κ2) is 6.44. The van der Waals surface area contributed by atoms with Crippen LogP contribution in [0.4, 0.5) is 17.6 Å². The Labute approximate surface area is 96.1 Å². The molecule has 0 amide bonds. The minimum Gasteiger partial charge on any atom is -0.493 e. The van der Waals surface area contributed by atoms with Gasteiger partial charge in [-0.1, -0.05) is 6.07 Å². The van der Waals surface area contributed by atoms with E-state index in [1.807, 2.05) is 0 Å². The average Bonchev–Trinajstić information content (AvgIpc) is 2.22. The molecule has 1 aromatic carbocycles. The summed E-state index contributed by atoms with van der Waals surface area (Å²) in [7, 11) is 0. The van der Waals surface area contributed by atoms with Crippen molar-refractivity contribution in [2.24, 2.45) is 0 Å². The van der Waals surface area contributed by atoms with Crippen LogP contribution in [0.25, 0.3) is 0 Å². The van der Waals surface area contributed by atoms with Gasteiger partial charge in [0.15, 0.2) is 0 Å². The predicted molar refractivity (Wildman–Crippen MR) is 53.4 cm³/mol. The zero-order chi connectivity index (χ0) is 12.7. The minimum atomic E-state index is -4.30. The van der Waals surface area contributed by atoms with Crippen LogP contribution in [0.15, 0.2) is 24.3 Å². The van der Waals surface area contributed by atoms with E-state index in [4.69, 9.17) is 4.74 Å². The molecule has 1 rings (SSSR count). The zero-order valence-electron chi connectivity index (χ0n) is 8.97. The van der Waals surface area contributed by atoms with Crippen molar-refractivity contribution in [1.82, 2.24) is 0 Å². The molecular weight excluding hydrogens is 240 g/mol. The Hall–Kier alpha value is -1.30. The largest absolute Gasteiger partial charge is 0.493 e. The summed E-state index contributed by atoms with van der Waals surface area (Å²) in [6.07, 6.45) is -3.99. The van der Waals surface area contributed by atoms with Gasteiger partial charge in [0, 0.05) is 12.5 Å². The number of hydrogen-bond acceptors (Lipinski definition) is 2. The average molecular weight is 252 g/mol. The number of rotatable bonds is 6. The van der Waals surface area contributed by atoms with E-state index in [9.17, 15) is 17.6 Å². The quantitative estimate of drug-likeness (QED) is 0.572. The summed E-state index contributed by atoms with van der Waals surface area (Å²) in [5.74, 6) is -0.0726. The van der Waals surface area contributed by atoms with E-state index >= 15 is 0 Å². The molecule has 0 spiro atoms. The third kappa shape index (κ3) is 6.78. The van der Waals surface area contributed by atoms with Gasteiger partial charge < -0.3 is 9.47 Å². The molecule has 0 heterocycles. The van der Waals surface area contributed by atoms with Crippen LogP contribution in [-0.2, 0) is 4.74 Å². The highest BCUT2D eigenvalue weighted by atomic mass is 19.4. The van der Waals surface area contributed by atoms with Gasteiger partial charge in [0.05, 0.1) is 13.2 Å². The van der Waals surface area contributed by atoms with Crippen LogP contribution < -0.4 is 4.74 Å². The lowest BCUT2D eigenvalue weighted by Gasteiger charge is -2.08. The Balaban J connectivity index is 2.09. The van der Waals surface area contributed by atoms with Crippen molar-refractivity contribution in [3.63, 3.8) is 0 Å². The standard InChI is InChI=1S/C11H12F4O2/c12-9-3-1-4-10(7-9)17-6-2-5-16-8-11(13,14)15/h1,3-4,7H,2,5-6,8H2. The molecule has 0 unspecified atom stereocenters. The Morgan fingerprint density at radius 1 is 1.12 bits per heavy atom. The van der Waals surface area contributed by atoms with Crippen molar-refractivity contribution in [1.29, 1.82) is 0 Å². The highest BCUT2D eigenvalue weighted by molar-refractivity contribution is 5.22. The maximum absolute atomic E-state index is 12.7. The fraction of sp³-hybridized carbons (Fsp3) is 0.455. The topological polar surface area (TPSA) is 18.5 Å². The molecule has 1 aromatic rings. The smallest absolute Gasteiger partial charge is 0.411 e. The van der Waals surface area contributed by atoms with Crippen molar-refractivity contribution < 1.29 is 27.0 Å². The van der Waals surface area contributed by atoms with Gasteiger partial charge in [-0.15, -0.1) is 0 Å². The monoisotopic (exact) mass is 252 g/mol. The minimum absolute atomic E-state index is 0.0468. The van der Waals surface area contributed by atoms with Crippen LogP contribution in [0.5, 0.6) is 5.75 Å². The SMILES string of the molecule is Fc1cccc(OCCCOCC(F)(F)F)c1. The summed E-state index contributed by atoms with van der Waals surface area (Å²) in [4.78, 5) is 0. The van der Waals surface area contributed by atoms with Crippen LogP contribution in [-0.4, -0.2) is 26.0 Å². The van der Waals surface area contributed by atoms with Gasteiger partial charge in [-0.2, -0.15) is 13.2 Å². The van der Waals surface area contributed by atoms with Gasteiger partial charge >= 0.3 is 6.18 Å². The summed E-state index contributed by atoms with van der Waals surface area (Å²) in [5.41, 5.74) is 0. The van der Waals surface area contributed by atoms with Crippen molar-refractivity contribution in [3.05, 3.63) is 30.1 Å². The summed E-state index contributed by atoms with van der Waals surface area (Å²) in [5, 5.41) is 0. The third-order valence-corrected chi connectivity index (χ3v) is 1.76. The van der Waals surface area contributed by atoms with Crippen molar-refractivity contribution >= 4 is 0 Å². The number of alkyl halides is 3. The van der Waals surface area contributed by atoms with Crippen LogP contribution in [0.3, 0.4) is 0 Å². The van der Waals surface area contributed by atoms with Crippen molar-refractivity contribution in [3.8, 4) is 5.75 Å². The molecule has 6 heteroatoms. The van der Waals surface area contributed by atoms with E-state index in [0.717, 1.165) is 0 Å². The van der Waals surface area contributed by atoms with E-state index in [2.05, 4.69) is 4.74 Å². The Morgan fingerprint density at radius 3 is 2.53 bits per heavy atom. The molecule has 0 aliphatic carbocycles. The van der Waals surface area contributed by atoms with Gasteiger partial charge in [0.25, 0.3) is 0 Å². The maximum Gasteiger partial charge on any atom is 0.411 e. The van der Waals surface area contributed by atoms with Gasteiger partial charge in [0.2, 0.25) is 0 Å². The molecule has 0 radical (unpaired) electrons. The van der Waals surface area contributed by atoms with Crippen LogP contribution >= 0.6 is 0 Å². The molecule has 2 nitrogen and oxygen atoms in total. The highest BCUT2D eigenvalue weighted by Crippen LogP contribution is 2.15. The lowest BCUT2D eigenvalue weighted by Crippen LogP contribution is -2.18. The molecule has 96 valence electrons. The first-order valence-corrected chi connectivity index (χ1v) is 5.00. The maximum atomic E-state index is 12.7. The first kappa shape index (κ1) is 13.8. The summed E-state index contributed by atoms with van der Waals surface area (Å²) >= 11 is 0. The van der Waals surface area contributed by atoms with Crippen molar-refractivity contribution in [2.75, 3.05) is 19.8 Å². The molecule has 0 saturated heterocycles. The van der Waals surface area contributed by atoms with E-state index in [-0.39, 0.29) is 13.2 Å². The Kier molecular flexibility index (Phi) is 5.21. The second-order valence-electron chi connectivity index (χ2n) is 3.33. The molecule has 0 aromatic heterocycles. The molecule has 0 aliphatic heterocycles. The van der Waals surface area contributed by atoms with E-state index in [1.54, 1.807) is 6.07 Å². The molecule has 0 atom stereocenters. The van der Waals surface area contributed by atoms with Crippen molar-refractivity contribution in [2.45, 2.75) is 12.6 Å². The van der Waals surface area contributed by atoms with Gasteiger partial charge in [0.1, 0.15) is 18.2 Å². The molecule has 0 fully saturated rings. The van der Waals surface area contributed by atoms with Gasteiger partial charge in [-0.3, -0.25) is 0 Å². The molecule has 0 bridgehead atoms. The van der Waals surface area contributed by atoms with E-state index in [1.165, 1.54) is 18.2 Å².